The predicted octanol–water partition coefficient (Wildman–Crippen LogP) is 3.04. The van der Waals surface area contributed by atoms with Crippen molar-refractivity contribution in [3.8, 4) is 12.3 Å². The number of ether oxygens (including phenoxy) is 2. The molecule has 4 rings (SSSR count). The van der Waals surface area contributed by atoms with Crippen LogP contribution in [-0.4, -0.2) is 47.2 Å². The standard InChI is InChI=1S/C22H25NO5/c1-4-12-28-23-20(25)18(17-15(2)6-5-7-16(17)3)19(24)21(23)8-10-22(11-9-21)26-13-14-27-22/h1,5-7,24H,8-14H2,2-3H3. The molecule has 1 aliphatic carbocycles. The fourth-order valence-electron chi connectivity index (χ4n) is 4.71. The zero-order valence-corrected chi connectivity index (χ0v) is 16.3. The van der Waals surface area contributed by atoms with E-state index in [2.05, 4.69) is 5.92 Å². The molecular formula is C22H25NO5. The van der Waals surface area contributed by atoms with Crippen molar-refractivity contribution >= 4 is 11.5 Å². The van der Waals surface area contributed by atoms with E-state index in [9.17, 15) is 9.90 Å². The number of hydroxylamine groups is 2. The molecule has 0 atom stereocenters. The van der Waals surface area contributed by atoms with Gasteiger partial charge in [-0.2, -0.15) is 0 Å². The van der Waals surface area contributed by atoms with Gasteiger partial charge in [-0.3, -0.25) is 9.63 Å². The van der Waals surface area contributed by atoms with Gasteiger partial charge < -0.3 is 14.6 Å². The highest BCUT2D eigenvalue weighted by Gasteiger charge is 2.58. The van der Waals surface area contributed by atoms with Crippen LogP contribution in [0, 0.1) is 26.2 Å². The molecule has 1 amide bonds. The molecule has 2 heterocycles. The molecule has 1 N–H and O–H groups in total. The molecule has 1 saturated heterocycles. The van der Waals surface area contributed by atoms with Crippen molar-refractivity contribution in [3.63, 3.8) is 0 Å². The summed E-state index contributed by atoms with van der Waals surface area (Å²) in [4.78, 5) is 19.0. The minimum absolute atomic E-state index is 0.0427. The first kappa shape index (κ1) is 19.0. The molecule has 2 spiro atoms. The minimum Gasteiger partial charge on any atom is -0.509 e. The lowest BCUT2D eigenvalue weighted by atomic mass is 9.77. The van der Waals surface area contributed by atoms with Crippen LogP contribution in [0.4, 0.5) is 0 Å². The lowest BCUT2D eigenvalue weighted by molar-refractivity contribution is -0.237. The lowest BCUT2D eigenvalue weighted by Gasteiger charge is -2.44. The average molecular weight is 383 g/mol. The molecule has 1 aromatic carbocycles. The van der Waals surface area contributed by atoms with E-state index in [1.807, 2.05) is 32.0 Å². The Kier molecular flexibility index (Phi) is 4.70. The van der Waals surface area contributed by atoms with Crippen LogP contribution in [0.2, 0.25) is 0 Å². The number of terminal acetylenes is 1. The number of hydrogen-bond donors (Lipinski definition) is 1. The maximum Gasteiger partial charge on any atom is 0.282 e. The number of aliphatic hydroxyl groups excluding tert-OH is 1. The van der Waals surface area contributed by atoms with Crippen LogP contribution in [0.1, 0.15) is 42.4 Å². The van der Waals surface area contributed by atoms with E-state index in [1.54, 1.807) is 0 Å². The summed E-state index contributed by atoms with van der Waals surface area (Å²) < 4.78 is 11.6. The summed E-state index contributed by atoms with van der Waals surface area (Å²) in [6.07, 6.45) is 7.46. The van der Waals surface area contributed by atoms with Crippen LogP contribution in [0.5, 0.6) is 0 Å². The largest absolute Gasteiger partial charge is 0.509 e. The second-order valence-electron chi connectivity index (χ2n) is 7.71. The number of carbonyl (C=O) groups is 1. The SMILES string of the molecule is C#CCON1C(=O)C(c2c(C)cccc2C)=C(O)C12CCC1(CC2)OCCO1. The number of hydrogen-bond acceptors (Lipinski definition) is 5. The average Bonchev–Trinajstić information content (AvgIpc) is 3.21. The highest BCUT2D eigenvalue weighted by Crippen LogP contribution is 2.51. The fraction of sp³-hybridized carbons (Fsp3) is 0.500. The van der Waals surface area contributed by atoms with Crippen molar-refractivity contribution in [1.82, 2.24) is 5.06 Å². The van der Waals surface area contributed by atoms with Gasteiger partial charge in [0, 0.05) is 12.8 Å². The molecule has 3 aliphatic rings. The number of carbonyl (C=O) groups excluding carboxylic acids is 1. The summed E-state index contributed by atoms with van der Waals surface area (Å²) in [6.45, 7) is 4.96. The number of rotatable bonds is 3. The van der Waals surface area contributed by atoms with Gasteiger partial charge in [-0.25, -0.2) is 5.06 Å². The maximum atomic E-state index is 13.4. The third kappa shape index (κ3) is 2.74. The van der Waals surface area contributed by atoms with E-state index in [-0.39, 0.29) is 18.3 Å². The lowest BCUT2D eigenvalue weighted by Crippen LogP contribution is -2.54. The first-order valence-corrected chi connectivity index (χ1v) is 9.63. The molecular weight excluding hydrogens is 358 g/mol. The normalized spacial score (nSPS) is 23.0. The first-order chi connectivity index (χ1) is 13.4. The summed E-state index contributed by atoms with van der Waals surface area (Å²) in [7, 11) is 0. The van der Waals surface area contributed by atoms with Crippen molar-refractivity contribution in [1.29, 1.82) is 0 Å². The number of amides is 1. The Hall–Kier alpha value is -2.33. The smallest absolute Gasteiger partial charge is 0.282 e. The monoisotopic (exact) mass is 383 g/mol. The minimum atomic E-state index is -0.946. The van der Waals surface area contributed by atoms with Crippen LogP contribution >= 0.6 is 0 Å². The maximum absolute atomic E-state index is 13.4. The molecule has 1 aromatic rings. The summed E-state index contributed by atoms with van der Waals surface area (Å²) in [6, 6.07) is 5.81. The predicted molar refractivity (Wildman–Crippen MR) is 103 cm³/mol. The van der Waals surface area contributed by atoms with Gasteiger partial charge in [0.2, 0.25) is 0 Å². The molecule has 6 heteroatoms. The number of benzene rings is 1. The van der Waals surface area contributed by atoms with E-state index in [0.717, 1.165) is 16.7 Å². The van der Waals surface area contributed by atoms with Crippen molar-refractivity contribution in [2.75, 3.05) is 19.8 Å². The molecule has 0 aromatic heterocycles. The summed E-state index contributed by atoms with van der Waals surface area (Å²) in [5, 5.41) is 12.6. The third-order valence-electron chi connectivity index (χ3n) is 6.13. The Morgan fingerprint density at radius 2 is 1.79 bits per heavy atom. The molecule has 0 unspecified atom stereocenters. The Morgan fingerprint density at radius 3 is 2.36 bits per heavy atom. The van der Waals surface area contributed by atoms with Gasteiger partial charge in [0.05, 0.1) is 18.8 Å². The second kappa shape index (κ2) is 6.93. The molecule has 28 heavy (non-hydrogen) atoms. The van der Waals surface area contributed by atoms with E-state index in [4.69, 9.17) is 20.7 Å². The Labute approximate surface area is 165 Å². The highest BCUT2D eigenvalue weighted by molar-refractivity contribution is 6.23. The number of nitrogens with zero attached hydrogens (tertiary/aromatic N) is 1. The number of aliphatic hydroxyl groups is 1. The van der Waals surface area contributed by atoms with Crippen LogP contribution in [0.25, 0.3) is 5.57 Å². The molecule has 2 aliphatic heterocycles. The summed E-state index contributed by atoms with van der Waals surface area (Å²) in [5.74, 6) is 1.50. The van der Waals surface area contributed by atoms with Gasteiger partial charge in [0.15, 0.2) is 5.79 Å². The number of aryl methyl sites for hydroxylation is 2. The third-order valence-corrected chi connectivity index (χ3v) is 6.13. The second-order valence-corrected chi connectivity index (χ2v) is 7.71. The highest BCUT2D eigenvalue weighted by atomic mass is 16.7. The van der Waals surface area contributed by atoms with Crippen molar-refractivity contribution < 1.29 is 24.2 Å². The summed E-state index contributed by atoms with van der Waals surface area (Å²) >= 11 is 0. The van der Waals surface area contributed by atoms with Gasteiger partial charge in [-0.05, 0) is 43.4 Å². The molecule has 1 saturated carbocycles. The Bertz CT molecular complexity index is 845. The molecule has 6 nitrogen and oxygen atoms in total. The topological polar surface area (TPSA) is 68.2 Å². The van der Waals surface area contributed by atoms with Gasteiger partial charge >= 0.3 is 0 Å². The van der Waals surface area contributed by atoms with Crippen LogP contribution < -0.4 is 0 Å². The van der Waals surface area contributed by atoms with Crippen molar-refractivity contribution in [3.05, 3.63) is 40.6 Å². The van der Waals surface area contributed by atoms with Crippen LogP contribution in [-0.2, 0) is 19.1 Å². The van der Waals surface area contributed by atoms with Gasteiger partial charge in [0.25, 0.3) is 5.91 Å². The van der Waals surface area contributed by atoms with Crippen molar-refractivity contribution in [2.45, 2.75) is 50.9 Å². The van der Waals surface area contributed by atoms with E-state index in [1.165, 1.54) is 5.06 Å². The van der Waals surface area contributed by atoms with E-state index in [0.29, 0.717) is 44.5 Å². The summed E-state index contributed by atoms with van der Waals surface area (Å²) in [5.41, 5.74) is 1.97. The molecule has 0 radical (unpaired) electrons. The van der Waals surface area contributed by atoms with Gasteiger partial charge in [-0.15, -0.1) is 6.42 Å². The molecule has 148 valence electrons. The van der Waals surface area contributed by atoms with Gasteiger partial charge in [-0.1, -0.05) is 24.1 Å². The van der Waals surface area contributed by atoms with Crippen LogP contribution in [0.15, 0.2) is 24.0 Å². The van der Waals surface area contributed by atoms with Gasteiger partial charge in [0.1, 0.15) is 17.9 Å². The quantitative estimate of drug-likeness (QED) is 0.813. The Morgan fingerprint density at radius 1 is 1.18 bits per heavy atom. The van der Waals surface area contributed by atoms with Crippen LogP contribution in [0.3, 0.4) is 0 Å². The zero-order chi connectivity index (χ0) is 19.9. The fourth-order valence-corrected chi connectivity index (χ4v) is 4.71. The van der Waals surface area contributed by atoms with E-state index >= 15 is 0 Å². The zero-order valence-electron chi connectivity index (χ0n) is 16.3. The van der Waals surface area contributed by atoms with E-state index < -0.39 is 11.3 Å². The molecule has 2 fully saturated rings. The Balaban J connectivity index is 1.77. The first-order valence-electron chi connectivity index (χ1n) is 9.63. The van der Waals surface area contributed by atoms with Crippen molar-refractivity contribution in [2.24, 2.45) is 0 Å². The molecule has 0 bridgehead atoms.